The van der Waals surface area contributed by atoms with Crippen molar-refractivity contribution in [1.82, 2.24) is 15.0 Å². The van der Waals surface area contributed by atoms with E-state index in [9.17, 15) is 4.79 Å². The normalized spacial score (nSPS) is 11.5. The van der Waals surface area contributed by atoms with Gasteiger partial charge in [0.15, 0.2) is 11.5 Å². The number of hydrogen-bond donors (Lipinski definition) is 1. The number of ether oxygens (including phenoxy) is 1. The number of pyridine rings is 1. The number of esters is 1. The first-order valence-corrected chi connectivity index (χ1v) is 10.1. The molecule has 0 spiro atoms. The van der Waals surface area contributed by atoms with Gasteiger partial charge in [-0.1, -0.05) is 48.0 Å². The van der Waals surface area contributed by atoms with Gasteiger partial charge in [0.05, 0.1) is 21.9 Å². The highest BCUT2D eigenvalue weighted by molar-refractivity contribution is 6.35. The van der Waals surface area contributed by atoms with Gasteiger partial charge in [0.1, 0.15) is 5.60 Å². The Balaban J connectivity index is 1.96. The van der Waals surface area contributed by atoms with Crippen LogP contribution in [0.2, 0.25) is 5.02 Å². The molecule has 7 heteroatoms. The summed E-state index contributed by atoms with van der Waals surface area (Å²) in [6.45, 7) is 5.34. The maximum atomic E-state index is 12.8. The van der Waals surface area contributed by atoms with Crippen LogP contribution in [0, 0.1) is 0 Å². The number of nitrogen functional groups attached to an aromatic ring is 1. The van der Waals surface area contributed by atoms with Gasteiger partial charge < -0.3 is 10.5 Å². The predicted molar refractivity (Wildman–Crippen MR) is 123 cm³/mol. The van der Waals surface area contributed by atoms with E-state index in [1.807, 2.05) is 48.5 Å². The number of fused-ring (bicyclic) bond motifs is 1. The molecule has 0 fully saturated rings. The molecule has 0 saturated heterocycles. The Morgan fingerprint density at radius 2 is 1.68 bits per heavy atom. The number of benzene rings is 2. The number of carbonyl (C=O) groups is 1. The maximum Gasteiger partial charge on any atom is 0.361 e. The molecule has 2 N–H and O–H groups in total. The van der Waals surface area contributed by atoms with Gasteiger partial charge in [0.25, 0.3) is 0 Å². The fraction of sp³-hybridized carbons (Fsp3) is 0.167. The zero-order valence-corrected chi connectivity index (χ0v) is 18.1. The van der Waals surface area contributed by atoms with Crippen molar-refractivity contribution in [3.05, 3.63) is 71.5 Å². The smallest absolute Gasteiger partial charge is 0.361 e. The largest absolute Gasteiger partial charge is 0.455 e. The lowest BCUT2D eigenvalue weighted by Crippen LogP contribution is -2.25. The van der Waals surface area contributed by atoms with Crippen molar-refractivity contribution < 1.29 is 9.53 Å². The minimum absolute atomic E-state index is 0.00501. The van der Waals surface area contributed by atoms with Crippen molar-refractivity contribution in [2.24, 2.45) is 0 Å². The van der Waals surface area contributed by atoms with Crippen LogP contribution in [0.4, 0.5) is 5.82 Å². The third kappa shape index (κ3) is 4.34. The van der Waals surface area contributed by atoms with E-state index < -0.39 is 11.6 Å². The van der Waals surface area contributed by atoms with E-state index in [1.54, 1.807) is 33.0 Å². The molecule has 4 rings (SSSR count). The minimum atomic E-state index is -0.693. The van der Waals surface area contributed by atoms with Crippen LogP contribution < -0.4 is 5.73 Å². The first-order valence-electron chi connectivity index (χ1n) is 9.74. The molecule has 0 amide bonds. The highest BCUT2D eigenvalue weighted by Gasteiger charge is 2.25. The highest BCUT2D eigenvalue weighted by Crippen LogP contribution is 2.35. The van der Waals surface area contributed by atoms with Crippen LogP contribution in [0.3, 0.4) is 0 Å². The van der Waals surface area contributed by atoms with Gasteiger partial charge in [0, 0.05) is 22.7 Å². The van der Waals surface area contributed by atoms with E-state index in [0.717, 1.165) is 10.9 Å². The summed E-state index contributed by atoms with van der Waals surface area (Å²) in [6, 6.07) is 17.0. The summed E-state index contributed by atoms with van der Waals surface area (Å²) in [7, 11) is 0. The Hall–Kier alpha value is -3.51. The van der Waals surface area contributed by atoms with Gasteiger partial charge in [-0.15, -0.1) is 0 Å². The maximum absolute atomic E-state index is 12.8. The molecule has 0 aliphatic heterocycles. The molecule has 2 aromatic heterocycles. The Bertz CT molecular complexity index is 1280. The Labute approximate surface area is 185 Å². The fourth-order valence-corrected chi connectivity index (χ4v) is 3.48. The van der Waals surface area contributed by atoms with Crippen molar-refractivity contribution in [3.63, 3.8) is 0 Å². The second-order valence-electron chi connectivity index (χ2n) is 8.06. The number of carbonyl (C=O) groups excluding carboxylic acids is 1. The lowest BCUT2D eigenvalue weighted by molar-refractivity contribution is 0.00640. The van der Waals surface area contributed by atoms with Gasteiger partial charge in [-0.3, -0.25) is 4.98 Å². The van der Waals surface area contributed by atoms with Crippen LogP contribution in [0.5, 0.6) is 0 Å². The van der Waals surface area contributed by atoms with Crippen molar-refractivity contribution in [1.29, 1.82) is 0 Å². The van der Waals surface area contributed by atoms with E-state index in [4.69, 9.17) is 22.1 Å². The van der Waals surface area contributed by atoms with Crippen molar-refractivity contribution in [2.75, 3.05) is 5.73 Å². The van der Waals surface area contributed by atoms with E-state index in [0.29, 0.717) is 27.5 Å². The molecule has 4 aromatic rings. The Morgan fingerprint density at radius 1 is 0.968 bits per heavy atom. The SMILES string of the molecule is CC(C)(C)OC(=O)c1nc(-c2cc(Cl)c3ncccc3c2)c(-c2ccccc2)nc1N. The topological polar surface area (TPSA) is 91.0 Å². The first-order chi connectivity index (χ1) is 14.7. The number of anilines is 1. The van der Waals surface area contributed by atoms with E-state index >= 15 is 0 Å². The number of nitrogens with two attached hydrogens (primary N) is 1. The molecule has 2 heterocycles. The molecule has 0 atom stereocenters. The first kappa shape index (κ1) is 20.8. The summed E-state index contributed by atoms with van der Waals surface area (Å²) in [5, 5.41) is 1.33. The molecule has 31 heavy (non-hydrogen) atoms. The summed E-state index contributed by atoms with van der Waals surface area (Å²) < 4.78 is 5.48. The molecule has 156 valence electrons. The average molecular weight is 433 g/mol. The number of halogens is 1. The summed E-state index contributed by atoms with van der Waals surface area (Å²) in [5.41, 5.74) is 8.63. The average Bonchev–Trinajstić information content (AvgIpc) is 2.73. The standard InChI is InChI=1S/C24H21ClN4O2/c1-24(2,3)31-23(30)21-22(26)29-19(14-8-5-4-6-9-14)20(28-21)16-12-15-10-7-11-27-18(15)17(25)13-16/h4-13H,1-3H3,(H2,26,29). The molecule has 0 aliphatic rings. The van der Waals surface area contributed by atoms with Crippen molar-refractivity contribution >= 4 is 34.3 Å². The van der Waals surface area contributed by atoms with E-state index in [2.05, 4.69) is 15.0 Å². The molecule has 0 radical (unpaired) electrons. The summed E-state index contributed by atoms with van der Waals surface area (Å²) >= 11 is 6.50. The number of nitrogens with zero attached hydrogens (tertiary/aromatic N) is 3. The minimum Gasteiger partial charge on any atom is -0.455 e. The van der Waals surface area contributed by atoms with Crippen molar-refractivity contribution in [3.8, 4) is 22.5 Å². The molecule has 2 aromatic carbocycles. The lowest BCUT2D eigenvalue weighted by atomic mass is 10.0. The number of rotatable bonds is 3. The summed E-state index contributed by atoms with van der Waals surface area (Å²) in [4.78, 5) is 26.2. The summed E-state index contributed by atoms with van der Waals surface area (Å²) in [5.74, 6) is -0.627. The quantitative estimate of drug-likeness (QED) is 0.427. The van der Waals surface area contributed by atoms with Gasteiger partial charge in [-0.05, 0) is 39.0 Å². The van der Waals surface area contributed by atoms with Crippen LogP contribution >= 0.6 is 11.6 Å². The van der Waals surface area contributed by atoms with Crippen LogP contribution in [-0.4, -0.2) is 26.5 Å². The van der Waals surface area contributed by atoms with Gasteiger partial charge >= 0.3 is 5.97 Å². The van der Waals surface area contributed by atoms with E-state index in [1.165, 1.54) is 0 Å². The highest BCUT2D eigenvalue weighted by atomic mass is 35.5. The van der Waals surface area contributed by atoms with Gasteiger partial charge in [-0.25, -0.2) is 14.8 Å². The third-order valence-electron chi connectivity index (χ3n) is 4.49. The Morgan fingerprint density at radius 3 is 2.39 bits per heavy atom. The molecule has 0 aliphatic carbocycles. The zero-order valence-electron chi connectivity index (χ0n) is 17.4. The number of aromatic nitrogens is 3. The monoisotopic (exact) mass is 432 g/mol. The third-order valence-corrected chi connectivity index (χ3v) is 4.78. The lowest BCUT2D eigenvalue weighted by Gasteiger charge is -2.20. The van der Waals surface area contributed by atoms with Crippen LogP contribution in [0.15, 0.2) is 60.8 Å². The second-order valence-corrected chi connectivity index (χ2v) is 8.46. The molecule has 0 saturated carbocycles. The summed E-state index contributed by atoms with van der Waals surface area (Å²) in [6.07, 6.45) is 1.69. The van der Waals surface area contributed by atoms with Crippen LogP contribution in [-0.2, 0) is 4.74 Å². The second kappa shape index (κ2) is 7.96. The Kier molecular flexibility index (Phi) is 5.33. The van der Waals surface area contributed by atoms with Gasteiger partial charge in [-0.2, -0.15) is 0 Å². The van der Waals surface area contributed by atoms with Gasteiger partial charge in [0.2, 0.25) is 0 Å². The molecule has 0 bridgehead atoms. The molecular weight excluding hydrogens is 412 g/mol. The molecular formula is C24H21ClN4O2. The zero-order chi connectivity index (χ0) is 22.2. The van der Waals surface area contributed by atoms with Crippen LogP contribution in [0.1, 0.15) is 31.3 Å². The molecule has 0 unspecified atom stereocenters. The predicted octanol–water partition coefficient (Wildman–Crippen LogP) is 5.55. The number of hydrogen-bond acceptors (Lipinski definition) is 6. The van der Waals surface area contributed by atoms with Crippen molar-refractivity contribution in [2.45, 2.75) is 26.4 Å². The van der Waals surface area contributed by atoms with Crippen LogP contribution in [0.25, 0.3) is 33.4 Å². The fourth-order valence-electron chi connectivity index (χ4n) is 3.21. The molecule has 6 nitrogen and oxygen atoms in total. The van der Waals surface area contributed by atoms with E-state index in [-0.39, 0.29) is 11.5 Å².